The van der Waals surface area contributed by atoms with Crippen LogP contribution in [0.3, 0.4) is 0 Å². The zero-order valence-corrected chi connectivity index (χ0v) is 14.4. The molecule has 0 spiro atoms. The second kappa shape index (κ2) is 7.40. The lowest BCUT2D eigenvalue weighted by atomic mass is 10.2. The zero-order chi connectivity index (χ0) is 17.0. The standard InChI is InChI=1S/C14H20N6O2S/c1-8(2)6-15-13(22)17-12(21)7-23-14-19-18-11-5-9(3)16-10(4)20(11)14/h5,8H,6-7H2,1-4H3,(H2,15,17,21,22). The Bertz CT molecular complexity index is 727. The SMILES string of the molecule is Cc1cc2nnc(SCC(=O)NC(=O)NCC(C)C)n2c(C)n1. The fourth-order valence-electron chi connectivity index (χ4n) is 1.93. The van der Waals surface area contributed by atoms with Crippen molar-refractivity contribution in [3.05, 3.63) is 17.6 Å². The molecule has 2 rings (SSSR count). The third-order valence-electron chi connectivity index (χ3n) is 2.91. The summed E-state index contributed by atoms with van der Waals surface area (Å²) in [4.78, 5) is 27.7. The number of fused-ring (bicyclic) bond motifs is 1. The number of aromatic nitrogens is 4. The lowest BCUT2D eigenvalue weighted by Gasteiger charge is -2.08. The summed E-state index contributed by atoms with van der Waals surface area (Å²) in [5.74, 6) is 0.767. The maximum Gasteiger partial charge on any atom is 0.321 e. The molecule has 0 aliphatic heterocycles. The Morgan fingerprint density at radius 3 is 2.74 bits per heavy atom. The lowest BCUT2D eigenvalue weighted by Crippen LogP contribution is -2.41. The maximum absolute atomic E-state index is 11.8. The van der Waals surface area contributed by atoms with Crippen molar-refractivity contribution in [2.75, 3.05) is 12.3 Å². The molecule has 2 heterocycles. The molecule has 0 aromatic carbocycles. The molecule has 0 saturated carbocycles. The number of carbonyl (C=O) groups is 2. The van der Waals surface area contributed by atoms with Crippen molar-refractivity contribution in [1.29, 1.82) is 0 Å². The van der Waals surface area contributed by atoms with Crippen molar-refractivity contribution < 1.29 is 9.59 Å². The summed E-state index contributed by atoms with van der Waals surface area (Å²) in [5, 5.41) is 13.6. The Hall–Kier alpha value is -2.16. The summed E-state index contributed by atoms with van der Waals surface area (Å²) in [6, 6.07) is 1.34. The molecular weight excluding hydrogens is 316 g/mol. The van der Waals surface area contributed by atoms with Gasteiger partial charge in [-0.05, 0) is 19.8 Å². The van der Waals surface area contributed by atoms with E-state index in [1.54, 1.807) is 4.40 Å². The topological polar surface area (TPSA) is 101 Å². The van der Waals surface area contributed by atoms with Gasteiger partial charge in [-0.15, -0.1) is 10.2 Å². The molecule has 23 heavy (non-hydrogen) atoms. The van der Waals surface area contributed by atoms with E-state index in [9.17, 15) is 9.59 Å². The van der Waals surface area contributed by atoms with Gasteiger partial charge < -0.3 is 5.32 Å². The largest absolute Gasteiger partial charge is 0.338 e. The van der Waals surface area contributed by atoms with Crippen molar-refractivity contribution >= 4 is 29.3 Å². The first-order valence-electron chi connectivity index (χ1n) is 7.26. The molecule has 124 valence electrons. The summed E-state index contributed by atoms with van der Waals surface area (Å²) in [6.45, 7) is 8.22. The quantitative estimate of drug-likeness (QED) is 0.799. The van der Waals surface area contributed by atoms with Crippen molar-refractivity contribution in [2.45, 2.75) is 32.9 Å². The highest BCUT2D eigenvalue weighted by Crippen LogP contribution is 2.18. The molecule has 0 saturated heterocycles. The highest BCUT2D eigenvalue weighted by molar-refractivity contribution is 7.99. The van der Waals surface area contributed by atoms with E-state index in [-0.39, 0.29) is 11.7 Å². The molecule has 0 atom stereocenters. The van der Waals surface area contributed by atoms with Crippen LogP contribution in [0, 0.1) is 19.8 Å². The van der Waals surface area contributed by atoms with E-state index in [2.05, 4.69) is 25.8 Å². The van der Waals surface area contributed by atoms with Crippen LogP contribution >= 0.6 is 11.8 Å². The molecule has 0 unspecified atom stereocenters. The molecule has 2 aromatic heterocycles. The first-order chi connectivity index (χ1) is 10.9. The molecule has 0 aliphatic rings. The number of hydrogen-bond acceptors (Lipinski definition) is 6. The summed E-state index contributed by atoms with van der Waals surface area (Å²) in [7, 11) is 0. The first-order valence-corrected chi connectivity index (χ1v) is 8.25. The molecule has 0 bridgehead atoms. The van der Waals surface area contributed by atoms with Gasteiger partial charge in [-0.3, -0.25) is 14.5 Å². The van der Waals surface area contributed by atoms with Gasteiger partial charge >= 0.3 is 6.03 Å². The Balaban J connectivity index is 1.93. The Morgan fingerprint density at radius 1 is 1.30 bits per heavy atom. The van der Waals surface area contributed by atoms with E-state index in [1.807, 2.05) is 33.8 Å². The average Bonchev–Trinajstić information content (AvgIpc) is 2.86. The summed E-state index contributed by atoms with van der Waals surface area (Å²) in [6.07, 6.45) is 0. The molecule has 0 radical (unpaired) electrons. The van der Waals surface area contributed by atoms with Crippen molar-refractivity contribution in [2.24, 2.45) is 5.92 Å². The number of nitrogens with one attached hydrogen (secondary N) is 2. The third-order valence-corrected chi connectivity index (χ3v) is 3.84. The Kier molecular flexibility index (Phi) is 5.54. The first kappa shape index (κ1) is 17.2. The second-order valence-electron chi connectivity index (χ2n) is 5.56. The smallest absolute Gasteiger partial charge is 0.321 e. The number of thioether (sulfide) groups is 1. The van der Waals surface area contributed by atoms with Crippen molar-refractivity contribution in [1.82, 2.24) is 30.2 Å². The Morgan fingerprint density at radius 2 is 2.04 bits per heavy atom. The highest BCUT2D eigenvalue weighted by atomic mass is 32.2. The number of hydrogen-bond donors (Lipinski definition) is 2. The number of carbonyl (C=O) groups excluding carboxylic acids is 2. The second-order valence-corrected chi connectivity index (χ2v) is 6.50. The van der Waals surface area contributed by atoms with E-state index in [4.69, 9.17) is 0 Å². The third kappa shape index (κ3) is 4.65. The van der Waals surface area contributed by atoms with Crippen LogP contribution in [-0.2, 0) is 4.79 Å². The van der Waals surface area contributed by atoms with Crippen LogP contribution in [0.4, 0.5) is 4.79 Å². The van der Waals surface area contributed by atoms with E-state index < -0.39 is 6.03 Å². The minimum absolute atomic E-state index is 0.0726. The maximum atomic E-state index is 11.8. The van der Waals surface area contributed by atoms with Crippen molar-refractivity contribution in [3.8, 4) is 0 Å². The fraction of sp³-hybridized carbons (Fsp3) is 0.500. The van der Waals surface area contributed by atoms with Crippen molar-refractivity contribution in [3.63, 3.8) is 0 Å². The van der Waals surface area contributed by atoms with Gasteiger partial charge in [-0.2, -0.15) is 0 Å². The van der Waals surface area contributed by atoms with Gasteiger partial charge in [0, 0.05) is 18.3 Å². The molecule has 2 aromatic rings. The van der Waals surface area contributed by atoms with Crippen LogP contribution < -0.4 is 10.6 Å². The molecule has 0 fully saturated rings. The number of urea groups is 1. The van der Waals surface area contributed by atoms with Crippen LogP contribution in [0.15, 0.2) is 11.2 Å². The minimum Gasteiger partial charge on any atom is -0.338 e. The number of nitrogens with zero attached hydrogens (tertiary/aromatic N) is 4. The van der Waals surface area contributed by atoms with Crippen LogP contribution in [-0.4, -0.2) is 43.8 Å². The molecule has 9 heteroatoms. The van der Waals surface area contributed by atoms with E-state index in [0.29, 0.717) is 23.3 Å². The summed E-state index contributed by atoms with van der Waals surface area (Å²) < 4.78 is 1.78. The highest BCUT2D eigenvalue weighted by Gasteiger charge is 2.13. The lowest BCUT2D eigenvalue weighted by molar-refractivity contribution is -0.117. The summed E-state index contributed by atoms with van der Waals surface area (Å²) >= 11 is 1.21. The fourth-order valence-corrected chi connectivity index (χ4v) is 2.72. The molecule has 2 N–H and O–H groups in total. The summed E-state index contributed by atoms with van der Waals surface area (Å²) in [5.41, 5.74) is 1.55. The van der Waals surface area contributed by atoms with Crippen LogP contribution in [0.1, 0.15) is 25.4 Å². The van der Waals surface area contributed by atoms with Gasteiger partial charge in [0.2, 0.25) is 5.91 Å². The predicted octanol–water partition coefficient (Wildman–Crippen LogP) is 1.32. The molecule has 3 amide bonds. The predicted molar refractivity (Wildman–Crippen MR) is 87.4 cm³/mol. The van der Waals surface area contributed by atoms with Gasteiger partial charge in [0.15, 0.2) is 10.8 Å². The van der Waals surface area contributed by atoms with Gasteiger partial charge in [-0.1, -0.05) is 25.6 Å². The van der Waals surface area contributed by atoms with Gasteiger partial charge in [-0.25, -0.2) is 9.78 Å². The number of aryl methyl sites for hydroxylation is 2. The van der Waals surface area contributed by atoms with E-state index in [1.165, 1.54) is 11.8 Å². The van der Waals surface area contributed by atoms with Gasteiger partial charge in [0.25, 0.3) is 0 Å². The monoisotopic (exact) mass is 336 g/mol. The molecule has 8 nitrogen and oxygen atoms in total. The molecular formula is C14H20N6O2S. The van der Waals surface area contributed by atoms with Crippen LogP contribution in [0.5, 0.6) is 0 Å². The molecule has 0 aliphatic carbocycles. The number of imide groups is 1. The average molecular weight is 336 g/mol. The van der Waals surface area contributed by atoms with Crippen LogP contribution in [0.25, 0.3) is 5.65 Å². The zero-order valence-electron chi connectivity index (χ0n) is 13.6. The van der Waals surface area contributed by atoms with Gasteiger partial charge in [0.05, 0.1) is 5.75 Å². The number of rotatable bonds is 5. The van der Waals surface area contributed by atoms with E-state index >= 15 is 0 Å². The van der Waals surface area contributed by atoms with Gasteiger partial charge in [0.1, 0.15) is 5.82 Å². The number of amides is 3. The minimum atomic E-state index is -0.483. The normalized spacial score (nSPS) is 11.0. The van der Waals surface area contributed by atoms with E-state index in [0.717, 1.165) is 11.5 Å². The van der Waals surface area contributed by atoms with Crippen LogP contribution in [0.2, 0.25) is 0 Å². The Labute approximate surface area is 138 Å².